The predicted molar refractivity (Wildman–Crippen MR) is 75.8 cm³/mol. The summed E-state index contributed by atoms with van der Waals surface area (Å²) in [6, 6.07) is 9.75. The van der Waals surface area contributed by atoms with Gasteiger partial charge < -0.3 is 9.47 Å². The van der Waals surface area contributed by atoms with Crippen molar-refractivity contribution in [1.29, 1.82) is 0 Å². The third kappa shape index (κ3) is 5.69. The Morgan fingerprint density at radius 1 is 1.10 bits per heavy atom. The van der Waals surface area contributed by atoms with Crippen LogP contribution in [0, 0.1) is 0 Å². The van der Waals surface area contributed by atoms with Gasteiger partial charge in [0.2, 0.25) is 0 Å². The summed E-state index contributed by atoms with van der Waals surface area (Å²) in [5, 5.41) is 0. The van der Waals surface area contributed by atoms with Crippen LogP contribution in [0.4, 0.5) is 0 Å². The van der Waals surface area contributed by atoms with Gasteiger partial charge >= 0.3 is 11.9 Å². The lowest BCUT2D eigenvalue weighted by Gasteiger charge is -2.20. The molecule has 0 saturated carbocycles. The number of carbonyl (C=O) groups is 2. The Bertz CT molecular complexity index is 461. The maximum absolute atomic E-state index is 11.2. The zero-order valence-corrected chi connectivity index (χ0v) is 12.1. The Kier molecular flexibility index (Phi) is 6.50. The summed E-state index contributed by atoms with van der Waals surface area (Å²) in [4.78, 5) is 22.3. The first-order chi connectivity index (χ1) is 9.52. The van der Waals surface area contributed by atoms with Crippen molar-refractivity contribution in [2.45, 2.75) is 39.9 Å². The topological polar surface area (TPSA) is 52.6 Å². The molecule has 0 aromatic heterocycles. The number of carbonyl (C=O) groups excluding carboxylic acids is 2. The molecule has 0 aliphatic heterocycles. The third-order valence-corrected chi connectivity index (χ3v) is 2.57. The Morgan fingerprint density at radius 3 is 2.10 bits per heavy atom. The second-order valence-electron chi connectivity index (χ2n) is 4.40. The highest BCUT2D eigenvalue weighted by Crippen LogP contribution is 2.17. The molecule has 1 rings (SSSR count). The molecule has 0 saturated heterocycles. The van der Waals surface area contributed by atoms with Gasteiger partial charge in [-0.15, -0.1) is 0 Å². The van der Waals surface area contributed by atoms with E-state index in [1.165, 1.54) is 13.8 Å². The fraction of sp³-hybridized carbons (Fsp3) is 0.375. The molecule has 0 N–H and O–H groups in total. The number of rotatable bonds is 6. The number of hydrogen-bond donors (Lipinski definition) is 0. The molecule has 1 aromatic carbocycles. The van der Waals surface area contributed by atoms with Crippen LogP contribution in [0.2, 0.25) is 0 Å². The maximum atomic E-state index is 11.2. The molecular formula is C16H20O4. The van der Waals surface area contributed by atoms with Crippen LogP contribution in [-0.2, 0) is 25.5 Å². The van der Waals surface area contributed by atoms with E-state index in [2.05, 4.69) is 0 Å². The summed E-state index contributed by atoms with van der Waals surface area (Å²) >= 11 is 0. The van der Waals surface area contributed by atoms with E-state index in [1.54, 1.807) is 0 Å². The maximum Gasteiger partial charge on any atom is 0.305 e. The standard InChI is InChI=1S/C16H20O4/c1-4-8-15(11-14-9-6-5-7-10-14)16(19-12(2)17)20-13(3)18/h5-10,16H,4,11H2,1-3H3/b15-8+. The van der Waals surface area contributed by atoms with Crippen molar-refractivity contribution in [2.24, 2.45) is 0 Å². The fourth-order valence-electron chi connectivity index (χ4n) is 1.82. The molecule has 1 aromatic rings. The second-order valence-corrected chi connectivity index (χ2v) is 4.40. The molecule has 0 fully saturated rings. The Labute approximate surface area is 119 Å². The summed E-state index contributed by atoms with van der Waals surface area (Å²) < 4.78 is 10.2. The highest BCUT2D eigenvalue weighted by molar-refractivity contribution is 5.68. The van der Waals surface area contributed by atoms with Gasteiger partial charge in [-0.1, -0.05) is 43.3 Å². The van der Waals surface area contributed by atoms with E-state index in [9.17, 15) is 9.59 Å². The molecule has 0 unspecified atom stereocenters. The molecule has 0 atom stereocenters. The molecule has 20 heavy (non-hydrogen) atoms. The van der Waals surface area contributed by atoms with Crippen LogP contribution in [0.1, 0.15) is 32.8 Å². The molecule has 4 nitrogen and oxygen atoms in total. The van der Waals surface area contributed by atoms with Crippen molar-refractivity contribution in [2.75, 3.05) is 0 Å². The van der Waals surface area contributed by atoms with E-state index in [0.717, 1.165) is 17.6 Å². The molecule has 0 aliphatic carbocycles. The van der Waals surface area contributed by atoms with Crippen LogP contribution in [0.3, 0.4) is 0 Å². The lowest BCUT2D eigenvalue weighted by Crippen LogP contribution is -2.25. The van der Waals surface area contributed by atoms with Gasteiger partial charge in [-0.2, -0.15) is 0 Å². The second kappa shape index (κ2) is 8.15. The highest BCUT2D eigenvalue weighted by atomic mass is 16.7. The van der Waals surface area contributed by atoms with Crippen molar-refractivity contribution >= 4 is 11.9 Å². The van der Waals surface area contributed by atoms with Gasteiger partial charge in [-0.3, -0.25) is 9.59 Å². The van der Waals surface area contributed by atoms with Crippen LogP contribution < -0.4 is 0 Å². The summed E-state index contributed by atoms with van der Waals surface area (Å²) in [5.74, 6) is -0.961. The molecule has 108 valence electrons. The van der Waals surface area contributed by atoms with E-state index >= 15 is 0 Å². The van der Waals surface area contributed by atoms with Crippen molar-refractivity contribution < 1.29 is 19.1 Å². The molecule has 0 spiro atoms. The van der Waals surface area contributed by atoms with Crippen LogP contribution in [-0.4, -0.2) is 18.2 Å². The van der Waals surface area contributed by atoms with Gasteiger partial charge in [0.15, 0.2) is 0 Å². The largest absolute Gasteiger partial charge is 0.421 e. The Balaban J connectivity index is 2.92. The minimum Gasteiger partial charge on any atom is -0.421 e. The van der Waals surface area contributed by atoms with Crippen molar-refractivity contribution in [3.05, 3.63) is 47.5 Å². The molecule has 0 bridgehead atoms. The average Bonchev–Trinajstić information content (AvgIpc) is 2.37. The van der Waals surface area contributed by atoms with E-state index in [0.29, 0.717) is 6.42 Å². The van der Waals surface area contributed by atoms with Gasteiger partial charge in [0.1, 0.15) is 0 Å². The van der Waals surface area contributed by atoms with Crippen molar-refractivity contribution in [3.8, 4) is 0 Å². The van der Waals surface area contributed by atoms with Crippen molar-refractivity contribution in [1.82, 2.24) is 0 Å². The lowest BCUT2D eigenvalue weighted by atomic mass is 10.0. The molecule has 4 heteroatoms. The lowest BCUT2D eigenvalue weighted by molar-refractivity contribution is -0.178. The van der Waals surface area contributed by atoms with Crippen LogP contribution in [0.5, 0.6) is 0 Å². The first-order valence-corrected chi connectivity index (χ1v) is 6.60. The quantitative estimate of drug-likeness (QED) is 0.455. The van der Waals surface area contributed by atoms with E-state index in [1.807, 2.05) is 43.3 Å². The Morgan fingerprint density at radius 2 is 1.65 bits per heavy atom. The van der Waals surface area contributed by atoms with Crippen LogP contribution >= 0.6 is 0 Å². The first kappa shape index (κ1) is 16.0. The third-order valence-electron chi connectivity index (χ3n) is 2.57. The monoisotopic (exact) mass is 276 g/mol. The van der Waals surface area contributed by atoms with Gasteiger partial charge in [0, 0.05) is 25.8 Å². The average molecular weight is 276 g/mol. The van der Waals surface area contributed by atoms with E-state index in [-0.39, 0.29) is 0 Å². The number of esters is 2. The van der Waals surface area contributed by atoms with Gasteiger partial charge in [0.25, 0.3) is 6.29 Å². The fourth-order valence-corrected chi connectivity index (χ4v) is 1.82. The van der Waals surface area contributed by atoms with E-state index in [4.69, 9.17) is 9.47 Å². The zero-order valence-electron chi connectivity index (χ0n) is 12.1. The van der Waals surface area contributed by atoms with Gasteiger partial charge in [-0.05, 0) is 12.0 Å². The molecular weight excluding hydrogens is 256 g/mol. The minimum atomic E-state index is -0.954. The minimum absolute atomic E-state index is 0.480. The molecule has 0 aliphatic rings. The van der Waals surface area contributed by atoms with Crippen LogP contribution in [0.15, 0.2) is 42.0 Å². The summed E-state index contributed by atoms with van der Waals surface area (Å²) in [6.45, 7) is 4.56. The Hall–Kier alpha value is -2.10. The summed E-state index contributed by atoms with van der Waals surface area (Å²) in [5.41, 5.74) is 1.83. The van der Waals surface area contributed by atoms with E-state index < -0.39 is 18.2 Å². The van der Waals surface area contributed by atoms with Gasteiger partial charge in [-0.25, -0.2) is 0 Å². The number of hydrogen-bond acceptors (Lipinski definition) is 4. The number of allylic oxidation sites excluding steroid dienone is 1. The smallest absolute Gasteiger partial charge is 0.305 e. The van der Waals surface area contributed by atoms with Crippen LogP contribution in [0.25, 0.3) is 0 Å². The molecule has 0 radical (unpaired) electrons. The van der Waals surface area contributed by atoms with Crippen molar-refractivity contribution in [3.63, 3.8) is 0 Å². The predicted octanol–water partition coefficient (Wildman–Crippen LogP) is 3.02. The highest BCUT2D eigenvalue weighted by Gasteiger charge is 2.20. The normalized spacial score (nSPS) is 11.3. The SMILES string of the molecule is CC/C=C(\Cc1ccccc1)C(OC(C)=O)OC(C)=O. The molecule has 0 amide bonds. The number of benzene rings is 1. The first-order valence-electron chi connectivity index (χ1n) is 6.60. The summed E-state index contributed by atoms with van der Waals surface area (Å²) in [7, 11) is 0. The number of ether oxygens (including phenoxy) is 2. The van der Waals surface area contributed by atoms with Gasteiger partial charge in [0.05, 0.1) is 0 Å². The molecule has 0 heterocycles. The zero-order chi connectivity index (χ0) is 15.0. The summed E-state index contributed by atoms with van der Waals surface area (Å²) in [6.07, 6.45) is 2.30.